The van der Waals surface area contributed by atoms with Gasteiger partial charge in [0, 0.05) is 23.9 Å². The number of nitrogens with one attached hydrogen (secondary N) is 1. The highest BCUT2D eigenvalue weighted by Gasteiger charge is 2.51. The maximum Gasteiger partial charge on any atom is 0.253 e. The number of nitrogens with zero attached hydrogens (tertiary/aromatic N) is 1. The number of aryl methyl sites for hydroxylation is 1. The largest absolute Gasteiger partial charge is 0.348 e. The molecule has 1 aromatic heterocycles. The molecule has 4 atom stereocenters. The molecule has 24 heavy (non-hydrogen) atoms. The summed E-state index contributed by atoms with van der Waals surface area (Å²) in [5.74, 6) is 1.83. The zero-order valence-corrected chi connectivity index (χ0v) is 14.1. The number of hydrogen-bond donors (Lipinski definition) is 1. The molecule has 1 N–H and O–H groups in total. The molecule has 124 valence electrons. The average molecular weight is 320 g/mol. The number of fused-ring (bicyclic) bond motifs is 1. The fourth-order valence-corrected chi connectivity index (χ4v) is 4.75. The molecule has 1 heterocycles. The normalized spacial score (nSPS) is 28.5. The van der Waals surface area contributed by atoms with Crippen LogP contribution in [0, 0.1) is 18.8 Å². The highest BCUT2D eigenvalue weighted by molar-refractivity contribution is 5.95. The van der Waals surface area contributed by atoms with Gasteiger partial charge in [0.2, 0.25) is 0 Å². The van der Waals surface area contributed by atoms with Gasteiger partial charge in [-0.2, -0.15) is 0 Å². The van der Waals surface area contributed by atoms with E-state index in [0.29, 0.717) is 17.4 Å². The van der Waals surface area contributed by atoms with E-state index in [4.69, 9.17) is 0 Å². The zero-order chi connectivity index (χ0) is 16.5. The van der Waals surface area contributed by atoms with Gasteiger partial charge >= 0.3 is 0 Å². The fraction of sp³-hybridized carbons (Fsp3) is 0.429. The van der Waals surface area contributed by atoms with Crippen molar-refractivity contribution in [2.24, 2.45) is 11.8 Å². The standard InChI is InChI=1S/C21H24N2O/c1-14-16(12-7-13-22-14)21(24)23-20-18-11-6-5-10-17(18)19(20)15-8-3-2-4-9-15/h2-4,7-9,12-13,17-20H,5-6,10-11H2,1H3,(H,23,24)/t17-,18-,19-,20-/m0/s1. The molecule has 2 fully saturated rings. The fourth-order valence-electron chi connectivity index (χ4n) is 4.75. The number of benzene rings is 1. The SMILES string of the molecule is Cc1ncccc1C(=O)N[C@H]1[C@H]2CCCC[C@@H]2[C@@H]1c1ccccc1. The highest BCUT2D eigenvalue weighted by Crippen LogP contribution is 2.54. The van der Waals surface area contributed by atoms with Crippen molar-refractivity contribution in [1.82, 2.24) is 10.3 Å². The third-order valence-corrected chi connectivity index (χ3v) is 5.92. The summed E-state index contributed by atoms with van der Waals surface area (Å²) in [6, 6.07) is 14.7. The number of carbonyl (C=O) groups is 1. The van der Waals surface area contributed by atoms with Gasteiger partial charge in [-0.1, -0.05) is 43.2 Å². The van der Waals surface area contributed by atoms with E-state index in [1.54, 1.807) is 6.20 Å². The number of rotatable bonds is 3. The lowest BCUT2D eigenvalue weighted by molar-refractivity contribution is 0.0251. The number of amides is 1. The Balaban J connectivity index is 1.58. The summed E-state index contributed by atoms with van der Waals surface area (Å²) in [4.78, 5) is 17.0. The first-order chi connectivity index (χ1) is 11.8. The smallest absolute Gasteiger partial charge is 0.253 e. The van der Waals surface area contributed by atoms with E-state index in [2.05, 4.69) is 40.6 Å². The van der Waals surface area contributed by atoms with Crippen molar-refractivity contribution in [3.8, 4) is 0 Å². The van der Waals surface area contributed by atoms with Crippen molar-refractivity contribution in [1.29, 1.82) is 0 Å². The van der Waals surface area contributed by atoms with Crippen LogP contribution in [0.25, 0.3) is 0 Å². The minimum absolute atomic E-state index is 0.0237. The van der Waals surface area contributed by atoms with Crippen LogP contribution in [0.3, 0.4) is 0 Å². The molecule has 1 amide bonds. The van der Waals surface area contributed by atoms with Crippen LogP contribution in [-0.4, -0.2) is 16.9 Å². The minimum Gasteiger partial charge on any atom is -0.348 e. The van der Waals surface area contributed by atoms with Crippen molar-refractivity contribution in [3.63, 3.8) is 0 Å². The van der Waals surface area contributed by atoms with E-state index < -0.39 is 0 Å². The van der Waals surface area contributed by atoms with Crippen LogP contribution in [0.1, 0.15) is 53.2 Å². The molecule has 2 aromatic rings. The van der Waals surface area contributed by atoms with Crippen LogP contribution in [0.4, 0.5) is 0 Å². The molecule has 0 radical (unpaired) electrons. The number of hydrogen-bond acceptors (Lipinski definition) is 2. The summed E-state index contributed by atoms with van der Waals surface area (Å²) in [6.07, 6.45) is 6.89. The quantitative estimate of drug-likeness (QED) is 0.925. The van der Waals surface area contributed by atoms with Gasteiger partial charge in [0.25, 0.3) is 5.91 Å². The molecule has 0 bridgehead atoms. The van der Waals surface area contributed by atoms with Gasteiger partial charge in [0.05, 0.1) is 5.56 Å². The van der Waals surface area contributed by atoms with Gasteiger partial charge in [-0.05, 0) is 49.3 Å². The Morgan fingerprint density at radius 1 is 1.04 bits per heavy atom. The van der Waals surface area contributed by atoms with Gasteiger partial charge < -0.3 is 5.32 Å². The lowest BCUT2D eigenvalue weighted by atomic mass is 9.53. The Morgan fingerprint density at radius 2 is 1.79 bits per heavy atom. The van der Waals surface area contributed by atoms with E-state index in [1.807, 2.05) is 19.1 Å². The van der Waals surface area contributed by atoms with E-state index in [-0.39, 0.29) is 11.9 Å². The summed E-state index contributed by atoms with van der Waals surface area (Å²) < 4.78 is 0. The molecular weight excluding hydrogens is 296 g/mol. The van der Waals surface area contributed by atoms with Gasteiger partial charge in [-0.15, -0.1) is 0 Å². The van der Waals surface area contributed by atoms with E-state index >= 15 is 0 Å². The Bertz CT molecular complexity index is 728. The second-order valence-electron chi connectivity index (χ2n) is 7.18. The molecule has 0 unspecified atom stereocenters. The maximum absolute atomic E-state index is 12.8. The van der Waals surface area contributed by atoms with Crippen LogP contribution in [-0.2, 0) is 0 Å². The minimum atomic E-state index is 0.0237. The first-order valence-electron chi connectivity index (χ1n) is 9.03. The number of carbonyl (C=O) groups excluding carboxylic acids is 1. The van der Waals surface area contributed by atoms with Gasteiger partial charge in [0.15, 0.2) is 0 Å². The lowest BCUT2D eigenvalue weighted by Gasteiger charge is -2.55. The lowest BCUT2D eigenvalue weighted by Crippen LogP contribution is -2.59. The molecule has 3 heteroatoms. The first-order valence-corrected chi connectivity index (χ1v) is 9.03. The number of pyridine rings is 1. The highest BCUT2D eigenvalue weighted by atomic mass is 16.1. The molecule has 2 saturated carbocycles. The van der Waals surface area contributed by atoms with Crippen molar-refractivity contribution in [2.75, 3.05) is 0 Å². The summed E-state index contributed by atoms with van der Waals surface area (Å²) in [7, 11) is 0. The van der Waals surface area contributed by atoms with Gasteiger partial charge in [-0.3, -0.25) is 9.78 Å². The van der Waals surface area contributed by atoms with E-state index in [0.717, 1.165) is 11.6 Å². The van der Waals surface area contributed by atoms with Crippen LogP contribution in [0.15, 0.2) is 48.7 Å². The predicted octanol–water partition coefficient (Wildman–Crippen LogP) is 4.09. The Hall–Kier alpha value is -2.16. The molecule has 2 aliphatic rings. The molecule has 0 aliphatic heterocycles. The summed E-state index contributed by atoms with van der Waals surface area (Å²) in [5.41, 5.74) is 2.86. The summed E-state index contributed by atoms with van der Waals surface area (Å²) in [5, 5.41) is 3.34. The monoisotopic (exact) mass is 320 g/mol. The molecule has 1 aromatic carbocycles. The molecule has 0 saturated heterocycles. The maximum atomic E-state index is 12.8. The predicted molar refractivity (Wildman–Crippen MR) is 94.9 cm³/mol. The first kappa shape index (κ1) is 15.4. The van der Waals surface area contributed by atoms with E-state index in [1.165, 1.54) is 31.2 Å². The van der Waals surface area contributed by atoms with Crippen LogP contribution in [0.5, 0.6) is 0 Å². The molecule has 2 aliphatic carbocycles. The van der Waals surface area contributed by atoms with Gasteiger partial charge in [0.1, 0.15) is 0 Å². The zero-order valence-electron chi connectivity index (χ0n) is 14.1. The van der Waals surface area contributed by atoms with Crippen LogP contribution < -0.4 is 5.32 Å². The summed E-state index contributed by atoms with van der Waals surface area (Å²) >= 11 is 0. The molecular formula is C21H24N2O. The average Bonchev–Trinajstić information content (AvgIpc) is 2.61. The van der Waals surface area contributed by atoms with E-state index in [9.17, 15) is 4.79 Å². The van der Waals surface area contributed by atoms with Crippen molar-refractivity contribution >= 4 is 5.91 Å². The summed E-state index contributed by atoms with van der Waals surface area (Å²) in [6.45, 7) is 1.90. The van der Waals surface area contributed by atoms with Crippen LogP contribution >= 0.6 is 0 Å². The topological polar surface area (TPSA) is 42.0 Å². The third-order valence-electron chi connectivity index (χ3n) is 5.92. The number of aromatic nitrogens is 1. The molecule has 4 rings (SSSR count). The Kier molecular flexibility index (Phi) is 4.09. The van der Waals surface area contributed by atoms with Crippen molar-refractivity contribution in [2.45, 2.75) is 44.6 Å². The Morgan fingerprint density at radius 3 is 2.54 bits per heavy atom. The molecule has 0 spiro atoms. The Labute approximate surface area is 143 Å². The van der Waals surface area contributed by atoms with Crippen molar-refractivity contribution in [3.05, 3.63) is 65.5 Å². The second kappa shape index (κ2) is 6.39. The van der Waals surface area contributed by atoms with Crippen LogP contribution in [0.2, 0.25) is 0 Å². The van der Waals surface area contributed by atoms with Crippen molar-refractivity contribution < 1.29 is 4.79 Å². The third kappa shape index (κ3) is 2.62. The second-order valence-corrected chi connectivity index (χ2v) is 7.18. The van der Waals surface area contributed by atoms with Gasteiger partial charge in [-0.25, -0.2) is 0 Å². The molecule has 3 nitrogen and oxygen atoms in total.